The number of hydrogen-bond acceptors (Lipinski definition) is 21. The highest BCUT2D eigenvalue weighted by Gasteiger charge is 2.50. The number of aromatic amines is 2. The van der Waals surface area contributed by atoms with Crippen LogP contribution in [0.5, 0.6) is 0 Å². The highest BCUT2D eigenvalue weighted by Crippen LogP contribution is 2.40. The Labute approximate surface area is 821 Å². The van der Waals surface area contributed by atoms with E-state index in [1.807, 2.05) is 42.5 Å². The van der Waals surface area contributed by atoms with Gasteiger partial charge in [0.25, 0.3) is 0 Å². The van der Waals surface area contributed by atoms with Crippen LogP contribution in [-0.4, -0.2) is 270 Å². The molecule has 44 heteroatoms. The van der Waals surface area contributed by atoms with Crippen molar-refractivity contribution in [2.24, 2.45) is 40.4 Å². The van der Waals surface area contributed by atoms with Gasteiger partial charge in [0.1, 0.15) is 77.4 Å². The number of likely N-dealkylation sites (tertiary alicyclic amines) is 3. The number of nitrogens with two attached hydrogens (primary N) is 3. The third-order valence-electron chi connectivity index (χ3n) is 26.3. The summed E-state index contributed by atoms with van der Waals surface area (Å²) in [5.41, 5.74) is 17.0. The van der Waals surface area contributed by atoms with Crippen molar-refractivity contribution in [1.29, 1.82) is 10.8 Å². The van der Waals surface area contributed by atoms with Crippen molar-refractivity contribution in [3.8, 4) is 11.1 Å². The molecule has 0 spiro atoms. The summed E-state index contributed by atoms with van der Waals surface area (Å²) in [5.74, 6) is -14.1. The molecule has 0 bridgehead atoms. The van der Waals surface area contributed by atoms with Crippen LogP contribution in [0.4, 0.5) is 0 Å². The Bertz CT molecular complexity index is 5140. The zero-order valence-corrected chi connectivity index (χ0v) is 81.8. The molecule has 43 nitrogen and oxygen atoms in total. The quantitative estimate of drug-likeness (QED) is 0.0110. The number of H-pyrrole nitrogens is 2. The number of halogens is 1. The third kappa shape index (κ3) is 31.8. The number of amides is 15. The molecule has 4 aliphatic heterocycles. The Morgan fingerprint density at radius 1 is 0.507 bits per heavy atom. The van der Waals surface area contributed by atoms with Gasteiger partial charge >= 0.3 is 5.97 Å². The summed E-state index contributed by atoms with van der Waals surface area (Å²) in [5, 5.41) is 64.9. The van der Waals surface area contributed by atoms with E-state index in [1.54, 1.807) is 56.4 Å². The van der Waals surface area contributed by atoms with Gasteiger partial charge in [-0.3, -0.25) is 82.7 Å². The molecular weight excluding hydrogens is 1870 g/mol. The van der Waals surface area contributed by atoms with Crippen molar-refractivity contribution in [1.82, 2.24) is 109 Å². The predicted octanol–water partition coefficient (Wildman–Crippen LogP) is 0.666. The molecule has 5 aliphatic rings. The molecule has 3 aromatic carbocycles. The highest BCUT2D eigenvalue weighted by molar-refractivity contribution is 9.10. The molecule has 6 heterocycles. The van der Waals surface area contributed by atoms with Gasteiger partial charge in [0.05, 0.1) is 37.1 Å². The van der Waals surface area contributed by atoms with Crippen LogP contribution in [0.1, 0.15) is 192 Å². The lowest BCUT2D eigenvalue weighted by molar-refractivity contribution is -0.145. The van der Waals surface area contributed by atoms with Gasteiger partial charge in [-0.25, -0.2) is 14.8 Å². The van der Waals surface area contributed by atoms with E-state index in [2.05, 4.69) is 110 Å². The molecule has 5 aromatic rings. The lowest BCUT2D eigenvalue weighted by atomic mass is 9.84. The van der Waals surface area contributed by atoms with E-state index in [0.717, 1.165) is 28.4 Å². The number of carbonyl (C=O) groups is 16. The second-order valence-electron chi connectivity index (χ2n) is 38.2. The second kappa shape index (κ2) is 52.0. The van der Waals surface area contributed by atoms with Crippen LogP contribution >= 0.6 is 15.9 Å². The van der Waals surface area contributed by atoms with E-state index in [1.165, 1.54) is 61.2 Å². The number of nitrogens with zero attached hydrogens (tertiary/aromatic N) is 5. The number of primary amides is 1. The predicted molar refractivity (Wildman–Crippen MR) is 520 cm³/mol. The number of nitrogens with one attached hydrogen (secondary N) is 18. The summed E-state index contributed by atoms with van der Waals surface area (Å²) in [6, 6.07) is 9.12. The smallest absolute Gasteiger partial charge is 0.326 e. The Morgan fingerprint density at radius 2 is 1.04 bits per heavy atom. The number of unbranched alkanes of at least 4 members (excludes halogenated alkanes) is 1. The molecule has 1 saturated carbocycles. The van der Waals surface area contributed by atoms with Gasteiger partial charge < -0.3 is 121 Å². The van der Waals surface area contributed by atoms with E-state index in [4.69, 9.17) is 28.0 Å². The van der Waals surface area contributed by atoms with Gasteiger partial charge in [-0.05, 0) is 202 Å². The summed E-state index contributed by atoms with van der Waals surface area (Å²) in [7, 11) is 0. The van der Waals surface area contributed by atoms with Gasteiger partial charge in [0, 0.05) is 74.8 Å². The van der Waals surface area contributed by atoms with Gasteiger partial charge in [-0.15, -0.1) is 0 Å². The average Bonchev–Trinajstić information content (AvgIpc) is 1.63. The van der Waals surface area contributed by atoms with Gasteiger partial charge in [-0.1, -0.05) is 109 Å². The number of piperidine rings is 1. The third-order valence-corrected chi connectivity index (χ3v) is 26.9. The number of carboxylic acids is 1. The van der Waals surface area contributed by atoms with Crippen molar-refractivity contribution in [3.05, 3.63) is 131 Å². The number of aromatic nitrogens is 4. The van der Waals surface area contributed by atoms with E-state index in [0.29, 0.717) is 74.1 Å². The molecular formula is C96H137BrN26O17. The summed E-state index contributed by atoms with van der Waals surface area (Å²) >= 11 is 3.48. The maximum Gasteiger partial charge on any atom is 0.326 e. The molecule has 760 valence electrons. The van der Waals surface area contributed by atoms with Gasteiger partial charge in [-0.2, -0.15) is 0 Å². The standard InChI is InChI=1S/C96H137BrN26O17/c1-55(2)43-68(114-80(127)65(21-14-38-107-94(101)102)112-84(131)74-23-15-41-121(74)87(134)67(20-12-13-37-106-93(99)100)113-81(128)66(33-34-77(98)124)118-91(139)95(3,4)90(138)109-51-64-50-105-54-111-64)83(130)120-96(5,6)92(140)119-70(48-63-49-104-53-110-63)82(129)115-69(44-58-35-39-103-40-36-58)79(126)108-52-78(125)123-73-22-11-10-19-61(73)47-76(123)86(133)116-71(45-57-27-31-62(97)32-28-57)88(135)122-42-16-24-75(122)85(132)117-72(89(136)137)46-56-25-29-60(30-26-56)59-17-8-7-9-18-59/h7-9,17-18,25-32,49-50,53-55,58,61,65-76,103H,10-16,19-24,33-48,51-52H2,1-6H3,(H2,98,124)(H,104,110)(H,105,111)(H,108,126)(H,109,138)(H,112,131)(H,113,128)(H,114,127)(H,115,129)(H,116,133)(H,117,132)(H,118,139)(H,119,140)(H,120,130)(H,136,137)(H4,99,100,106)(H4,101,102,107)/t61-,65+,66-,67-,68-,69-,70-,71-,72+,73-,74-,75-,76-/m0/s1. The fraction of sp³-hybridized carbons (Fsp3) is 0.562. The van der Waals surface area contributed by atoms with Gasteiger partial charge in [0.15, 0.2) is 11.9 Å². The average molecular weight is 2010 g/mol. The van der Waals surface area contributed by atoms with Crippen molar-refractivity contribution < 1.29 is 81.8 Å². The number of benzene rings is 3. The molecule has 15 amide bonds. The Kier molecular flexibility index (Phi) is 40.3. The van der Waals surface area contributed by atoms with Crippen molar-refractivity contribution in [2.75, 3.05) is 45.8 Å². The fourth-order valence-electron chi connectivity index (χ4n) is 18.5. The molecule has 1 aliphatic carbocycles. The van der Waals surface area contributed by atoms with E-state index < -0.39 is 191 Å². The van der Waals surface area contributed by atoms with Gasteiger partial charge in [0.2, 0.25) is 88.6 Å². The zero-order valence-electron chi connectivity index (χ0n) is 80.2. The first-order chi connectivity index (χ1) is 66.7. The molecule has 0 unspecified atom stereocenters. The number of fused-ring (bicyclic) bond motifs is 1. The van der Waals surface area contributed by atoms with Crippen LogP contribution in [0.2, 0.25) is 0 Å². The van der Waals surface area contributed by atoms with Crippen LogP contribution in [-0.2, 0) is 103 Å². The fourth-order valence-corrected chi connectivity index (χ4v) is 18.8. The summed E-state index contributed by atoms with van der Waals surface area (Å²) in [4.78, 5) is 250. The molecule has 5 fully saturated rings. The number of guanidine groups is 2. The van der Waals surface area contributed by atoms with E-state index in [-0.39, 0.29) is 152 Å². The minimum Gasteiger partial charge on any atom is -0.480 e. The molecule has 13 atom stereocenters. The molecule has 10 rings (SSSR count). The number of carboxylic acid groups (broad SMARTS) is 1. The monoisotopic (exact) mass is 2000 g/mol. The number of imidazole rings is 2. The maximum atomic E-state index is 15.3. The Hall–Kier alpha value is -13.4. The van der Waals surface area contributed by atoms with Crippen LogP contribution in [0.3, 0.4) is 0 Å². The van der Waals surface area contributed by atoms with Crippen LogP contribution in [0.25, 0.3) is 11.1 Å². The van der Waals surface area contributed by atoms with E-state index >= 15 is 28.8 Å². The first kappa shape index (κ1) is 109. The Balaban J connectivity index is 0.808. The largest absolute Gasteiger partial charge is 0.480 e. The summed E-state index contributed by atoms with van der Waals surface area (Å²) in [6.45, 7) is 9.86. The molecule has 0 radical (unpaired) electrons. The molecule has 25 N–H and O–H groups in total. The minimum absolute atomic E-state index is 0.00511. The topological polar surface area (TPSA) is 655 Å². The Morgan fingerprint density at radius 3 is 1.64 bits per heavy atom. The number of carbonyl (C=O) groups excluding carboxylic acids is 15. The molecule has 2 aromatic heterocycles. The van der Waals surface area contributed by atoms with Crippen LogP contribution in [0.15, 0.2) is 108 Å². The highest BCUT2D eigenvalue weighted by atomic mass is 79.9. The first-order valence-corrected chi connectivity index (χ1v) is 49.0. The minimum atomic E-state index is -1.89. The maximum absolute atomic E-state index is 15.3. The number of aliphatic carboxylic acids is 1. The van der Waals surface area contributed by atoms with Crippen LogP contribution in [0, 0.1) is 34.0 Å². The normalized spacial score (nSPS) is 18.7. The lowest BCUT2D eigenvalue weighted by Gasteiger charge is -2.35. The van der Waals surface area contributed by atoms with Crippen molar-refractivity contribution >= 4 is 122 Å². The van der Waals surface area contributed by atoms with Crippen molar-refractivity contribution in [3.63, 3.8) is 0 Å². The number of hydrogen-bond donors (Lipinski definition) is 22. The zero-order chi connectivity index (χ0) is 101. The van der Waals surface area contributed by atoms with E-state index in [9.17, 15) is 53.1 Å². The molecule has 140 heavy (non-hydrogen) atoms. The second-order valence-corrected chi connectivity index (χ2v) is 39.2. The summed E-state index contributed by atoms with van der Waals surface area (Å²) < 4.78 is 0.757. The van der Waals surface area contributed by atoms with Crippen LogP contribution < -0.4 is 91.6 Å². The molecule has 4 saturated heterocycles. The van der Waals surface area contributed by atoms with Crippen molar-refractivity contribution in [2.45, 2.75) is 274 Å². The number of rotatable bonds is 50. The first-order valence-electron chi connectivity index (χ1n) is 48.2. The lowest BCUT2D eigenvalue weighted by Crippen LogP contribution is -2.63. The SMILES string of the molecule is CC(C)C[C@H](NC(=O)[C@@H](CCCNC(=N)N)NC(=O)[C@@H]1CCCN1C(=O)[C@H](CCCCNC(=N)N)NC(=O)[C@H](CCC(N)=O)NC(=O)C(C)(C)C(=O)NCc1c[nH]cn1)C(=O)NC(C)(C)C(=O)N[C@@H](Cc1c[nH]cn1)C(=O)N[C@@H](CC1CCNCC1)C(=O)NCC(=O)N1[C@H](C(=O)N[C@@H](Cc2ccc(Br)cc2)C(=O)N2CCC[C@H]2C(=O)N[C@H](Cc2ccc(-c3ccccc3)cc2)C(=O)O)C[C@@H]2CCCC[C@@H]21. The summed E-state index contributed by atoms with van der Waals surface area (Å²) in [6.07, 6.45) is 10.5.